The Morgan fingerprint density at radius 1 is 1.20 bits per heavy atom. The number of hydrogen-bond donors (Lipinski definition) is 2. The molecule has 2 N–H and O–H groups in total. The van der Waals surface area contributed by atoms with Gasteiger partial charge in [0.15, 0.2) is 11.8 Å². The third-order valence-corrected chi connectivity index (χ3v) is 4.52. The lowest BCUT2D eigenvalue weighted by Gasteiger charge is -2.13. The fraction of sp³-hybridized carbons (Fsp3) is 0.500. The summed E-state index contributed by atoms with van der Waals surface area (Å²) in [7, 11) is 1.72. The van der Waals surface area contributed by atoms with Gasteiger partial charge in [-0.1, -0.05) is 18.6 Å². The Bertz CT molecular complexity index is 752. The van der Waals surface area contributed by atoms with Crippen molar-refractivity contribution in [3.05, 3.63) is 46.8 Å². The highest BCUT2D eigenvalue weighted by atomic mass is 19.1. The molecule has 3 rings (SSSR count). The Balaban J connectivity index is 1.56. The first-order chi connectivity index (χ1) is 12.2. The fourth-order valence-corrected chi connectivity index (χ4v) is 2.99. The van der Waals surface area contributed by atoms with Gasteiger partial charge < -0.3 is 15.2 Å². The van der Waals surface area contributed by atoms with Gasteiger partial charge in [0.2, 0.25) is 0 Å². The van der Waals surface area contributed by atoms with Crippen LogP contribution in [0.3, 0.4) is 0 Å². The second-order valence-corrected chi connectivity index (χ2v) is 6.36. The zero-order chi connectivity index (χ0) is 17.6. The Hall–Kier alpha value is -2.44. The third kappa shape index (κ3) is 4.35. The van der Waals surface area contributed by atoms with Crippen LogP contribution in [-0.4, -0.2) is 27.8 Å². The van der Waals surface area contributed by atoms with Crippen LogP contribution in [0.2, 0.25) is 0 Å². The zero-order valence-corrected chi connectivity index (χ0v) is 14.8. The number of fused-ring (bicyclic) bond motifs is 1. The van der Waals surface area contributed by atoms with E-state index in [9.17, 15) is 4.39 Å². The van der Waals surface area contributed by atoms with E-state index in [0.29, 0.717) is 24.6 Å². The molecule has 0 saturated carbocycles. The zero-order valence-electron chi connectivity index (χ0n) is 14.8. The first-order valence-corrected chi connectivity index (χ1v) is 8.78. The van der Waals surface area contributed by atoms with Crippen molar-refractivity contribution >= 4 is 5.96 Å². The van der Waals surface area contributed by atoms with Crippen LogP contribution in [0.25, 0.3) is 0 Å². The first-order valence-electron chi connectivity index (χ1n) is 8.78. The Labute approximate surface area is 147 Å². The van der Waals surface area contributed by atoms with Crippen molar-refractivity contribution in [2.24, 2.45) is 4.99 Å². The lowest BCUT2D eigenvalue weighted by Crippen LogP contribution is -2.37. The van der Waals surface area contributed by atoms with Crippen molar-refractivity contribution in [2.45, 2.75) is 52.2 Å². The Morgan fingerprint density at radius 2 is 2.04 bits per heavy atom. The molecule has 1 aromatic carbocycles. The molecular weight excluding hydrogens is 319 g/mol. The summed E-state index contributed by atoms with van der Waals surface area (Å²) in [6, 6.07) is 5.25. The van der Waals surface area contributed by atoms with E-state index in [1.807, 2.05) is 6.07 Å². The second kappa shape index (κ2) is 8.09. The SMILES string of the molecule is CN=C(NCc1ccc(C)c(F)c1)NCc1nnc2n1CCCCC2. The maximum absolute atomic E-state index is 13.6. The molecule has 0 radical (unpaired) electrons. The monoisotopic (exact) mass is 344 g/mol. The molecule has 1 aliphatic heterocycles. The van der Waals surface area contributed by atoms with Gasteiger partial charge in [-0.2, -0.15) is 0 Å². The number of nitrogens with one attached hydrogen (secondary N) is 2. The van der Waals surface area contributed by atoms with Crippen molar-refractivity contribution in [3.8, 4) is 0 Å². The van der Waals surface area contributed by atoms with Crippen LogP contribution in [0.15, 0.2) is 23.2 Å². The lowest BCUT2D eigenvalue weighted by molar-refractivity contribution is 0.596. The molecule has 0 amide bonds. The molecule has 2 aromatic rings. The number of hydrogen-bond acceptors (Lipinski definition) is 3. The van der Waals surface area contributed by atoms with Crippen molar-refractivity contribution < 1.29 is 4.39 Å². The molecule has 0 saturated heterocycles. The number of nitrogens with zero attached hydrogens (tertiary/aromatic N) is 4. The molecule has 2 heterocycles. The molecule has 1 aliphatic rings. The number of rotatable bonds is 4. The van der Waals surface area contributed by atoms with E-state index in [1.54, 1.807) is 26.1 Å². The molecule has 0 aliphatic carbocycles. The maximum atomic E-state index is 13.6. The van der Waals surface area contributed by atoms with E-state index < -0.39 is 0 Å². The minimum absolute atomic E-state index is 0.187. The number of aryl methyl sites for hydroxylation is 2. The van der Waals surface area contributed by atoms with Crippen molar-refractivity contribution in [2.75, 3.05) is 7.05 Å². The van der Waals surface area contributed by atoms with Gasteiger partial charge >= 0.3 is 0 Å². The van der Waals surface area contributed by atoms with Gasteiger partial charge in [-0.15, -0.1) is 10.2 Å². The normalized spacial score (nSPS) is 14.8. The predicted octanol–water partition coefficient (Wildman–Crippen LogP) is 2.32. The summed E-state index contributed by atoms with van der Waals surface area (Å²) in [4.78, 5) is 4.22. The summed E-state index contributed by atoms with van der Waals surface area (Å²) < 4.78 is 15.8. The molecule has 6 nitrogen and oxygen atoms in total. The van der Waals surface area contributed by atoms with Gasteiger partial charge in [0, 0.05) is 26.6 Å². The topological polar surface area (TPSA) is 67.1 Å². The van der Waals surface area contributed by atoms with Crippen LogP contribution in [-0.2, 0) is 26.1 Å². The van der Waals surface area contributed by atoms with Crippen molar-refractivity contribution in [1.29, 1.82) is 0 Å². The molecule has 0 spiro atoms. The minimum Gasteiger partial charge on any atom is -0.352 e. The van der Waals surface area contributed by atoms with Crippen LogP contribution in [0.4, 0.5) is 4.39 Å². The van der Waals surface area contributed by atoms with Gasteiger partial charge in [-0.25, -0.2) is 4.39 Å². The van der Waals surface area contributed by atoms with Crippen LogP contribution >= 0.6 is 0 Å². The van der Waals surface area contributed by atoms with Crippen molar-refractivity contribution in [1.82, 2.24) is 25.4 Å². The number of aromatic nitrogens is 3. The fourth-order valence-electron chi connectivity index (χ4n) is 2.99. The van der Waals surface area contributed by atoms with Gasteiger partial charge in [-0.05, 0) is 37.0 Å². The molecule has 0 atom stereocenters. The summed E-state index contributed by atoms with van der Waals surface area (Å²) in [6.07, 6.45) is 4.59. The van der Waals surface area contributed by atoms with E-state index in [0.717, 1.165) is 30.2 Å². The van der Waals surface area contributed by atoms with Gasteiger partial charge in [0.1, 0.15) is 11.6 Å². The van der Waals surface area contributed by atoms with E-state index in [1.165, 1.54) is 19.3 Å². The number of benzene rings is 1. The molecule has 7 heteroatoms. The largest absolute Gasteiger partial charge is 0.352 e. The van der Waals surface area contributed by atoms with E-state index in [2.05, 4.69) is 30.4 Å². The van der Waals surface area contributed by atoms with Gasteiger partial charge in [0.05, 0.1) is 6.54 Å². The third-order valence-electron chi connectivity index (χ3n) is 4.52. The Kier molecular flexibility index (Phi) is 5.63. The molecule has 0 fully saturated rings. The summed E-state index contributed by atoms with van der Waals surface area (Å²) in [5.74, 6) is 2.48. The van der Waals surface area contributed by atoms with E-state index in [4.69, 9.17) is 0 Å². The summed E-state index contributed by atoms with van der Waals surface area (Å²) in [5.41, 5.74) is 1.53. The molecule has 1 aromatic heterocycles. The molecular formula is C18H25FN6. The van der Waals surface area contributed by atoms with Crippen molar-refractivity contribution in [3.63, 3.8) is 0 Å². The van der Waals surface area contributed by atoms with Crippen LogP contribution in [0, 0.1) is 12.7 Å². The minimum atomic E-state index is -0.187. The number of aliphatic imine (C=N–C) groups is 1. The lowest BCUT2D eigenvalue weighted by atomic mass is 10.1. The number of guanidine groups is 1. The highest BCUT2D eigenvalue weighted by Gasteiger charge is 2.14. The summed E-state index contributed by atoms with van der Waals surface area (Å²) >= 11 is 0. The average molecular weight is 344 g/mol. The average Bonchev–Trinajstić information content (AvgIpc) is 2.85. The maximum Gasteiger partial charge on any atom is 0.191 e. The summed E-state index contributed by atoms with van der Waals surface area (Å²) in [6.45, 7) is 3.81. The van der Waals surface area contributed by atoms with E-state index >= 15 is 0 Å². The molecule has 0 unspecified atom stereocenters. The highest BCUT2D eigenvalue weighted by Crippen LogP contribution is 2.14. The first kappa shape index (κ1) is 17.4. The standard InChI is InChI=1S/C18H25FN6/c1-13-7-8-14(10-15(13)19)11-21-18(20-2)22-12-17-24-23-16-6-4-3-5-9-25(16)17/h7-8,10H,3-6,9,11-12H2,1-2H3,(H2,20,21,22). The highest BCUT2D eigenvalue weighted by molar-refractivity contribution is 5.79. The Morgan fingerprint density at radius 3 is 2.84 bits per heavy atom. The predicted molar refractivity (Wildman–Crippen MR) is 95.8 cm³/mol. The van der Waals surface area contributed by atoms with Gasteiger partial charge in [0.25, 0.3) is 0 Å². The second-order valence-electron chi connectivity index (χ2n) is 6.36. The summed E-state index contributed by atoms with van der Waals surface area (Å²) in [5, 5.41) is 15.1. The van der Waals surface area contributed by atoms with Crippen LogP contribution < -0.4 is 10.6 Å². The smallest absolute Gasteiger partial charge is 0.191 e. The van der Waals surface area contributed by atoms with Gasteiger partial charge in [-0.3, -0.25) is 4.99 Å². The quantitative estimate of drug-likeness (QED) is 0.660. The molecule has 25 heavy (non-hydrogen) atoms. The molecule has 134 valence electrons. The van der Waals surface area contributed by atoms with Crippen LogP contribution in [0.5, 0.6) is 0 Å². The van der Waals surface area contributed by atoms with Crippen LogP contribution in [0.1, 0.15) is 42.0 Å². The van der Waals surface area contributed by atoms with E-state index in [-0.39, 0.29) is 5.82 Å². The molecule has 0 bridgehead atoms. The number of halogens is 1.